The number of hydrogen-bond donors (Lipinski definition) is 2. The topological polar surface area (TPSA) is 47.3 Å². The van der Waals surface area contributed by atoms with E-state index in [1.54, 1.807) is 7.11 Å². The van der Waals surface area contributed by atoms with Crippen LogP contribution in [-0.2, 0) is 4.74 Å². The van der Waals surface area contributed by atoms with Gasteiger partial charge in [-0.1, -0.05) is 12.2 Å². The molecule has 0 aromatic heterocycles. The molecule has 0 aliphatic rings. The first-order valence-corrected chi connectivity index (χ1v) is 6.48. The first-order valence-electron chi connectivity index (χ1n) is 6.08. The van der Waals surface area contributed by atoms with Crippen molar-refractivity contribution in [1.29, 1.82) is 0 Å². The molecule has 0 aliphatic heterocycles. The van der Waals surface area contributed by atoms with Gasteiger partial charge < -0.3 is 15.8 Å². The van der Waals surface area contributed by atoms with E-state index in [-0.39, 0.29) is 16.2 Å². The van der Waals surface area contributed by atoms with E-state index in [1.807, 2.05) is 0 Å². The summed E-state index contributed by atoms with van der Waals surface area (Å²) >= 11 is 4.68. The molecule has 0 saturated heterocycles. The molecule has 3 nitrogen and oxygen atoms in total. The normalized spacial score (nSPS) is 10.5. The lowest BCUT2D eigenvalue weighted by molar-refractivity contribution is 0.192. The standard InChI is InChI=1S/C13H18F2N2OS/c1-18-6-4-2-3-5-17-12-10(14)7-9(13(16)19)8-11(12)15/h7-8,17H,2-6H2,1H3,(H2,16,19). The fourth-order valence-corrected chi connectivity index (χ4v) is 1.76. The molecule has 0 radical (unpaired) electrons. The number of rotatable bonds is 8. The van der Waals surface area contributed by atoms with Crippen molar-refractivity contribution >= 4 is 22.9 Å². The fourth-order valence-electron chi connectivity index (χ4n) is 1.65. The van der Waals surface area contributed by atoms with Crippen molar-refractivity contribution in [2.24, 2.45) is 5.73 Å². The van der Waals surface area contributed by atoms with Crippen LogP contribution in [0.3, 0.4) is 0 Å². The van der Waals surface area contributed by atoms with Crippen LogP contribution in [0.5, 0.6) is 0 Å². The van der Waals surface area contributed by atoms with Gasteiger partial charge in [0.15, 0.2) is 0 Å². The van der Waals surface area contributed by atoms with Crippen LogP contribution in [0.25, 0.3) is 0 Å². The zero-order valence-corrected chi connectivity index (χ0v) is 11.7. The molecule has 6 heteroatoms. The lowest BCUT2D eigenvalue weighted by Gasteiger charge is -2.10. The lowest BCUT2D eigenvalue weighted by Crippen LogP contribution is -2.12. The van der Waals surface area contributed by atoms with Gasteiger partial charge in [0, 0.05) is 25.8 Å². The summed E-state index contributed by atoms with van der Waals surface area (Å²) in [7, 11) is 1.65. The van der Waals surface area contributed by atoms with Crippen LogP contribution in [0, 0.1) is 11.6 Å². The van der Waals surface area contributed by atoms with Crippen LogP contribution in [0.4, 0.5) is 14.5 Å². The minimum atomic E-state index is -0.681. The molecule has 0 heterocycles. The number of methoxy groups -OCH3 is 1. The predicted molar refractivity (Wildman–Crippen MR) is 76.5 cm³/mol. The highest BCUT2D eigenvalue weighted by molar-refractivity contribution is 7.80. The number of hydrogen-bond acceptors (Lipinski definition) is 3. The van der Waals surface area contributed by atoms with E-state index in [0.29, 0.717) is 13.2 Å². The highest BCUT2D eigenvalue weighted by Crippen LogP contribution is 2.21. The molecule has 0 atom stereocenters. The third-order valence-electron chi connectivity index (χ3n) is 2.65. The van der Waals surface area contributed by atoms with E-state index in [2.05, 4.69) is 17.5 Å². The van der Waals surface area contributed by atoms with Crippen LogP contribution in [0.2, 0.25) is 0 Å². The summed E-state index contributed by atoms with van der Waals surface area (Å²) in [4.78, 5) is -0.0242. The monoisotopic (exact) mass is 288 g/mol. The second kappa shape index (κ2) is 8.01. The first kappa shape index (κ1) is 15.8. The molecule has 0 saturated carbocycles. The van der Waals surface area contributed by atoms with Gasteiger partial charge in [0.05, 0.1) is 0 Å². The minimum Gasteiger partial charge on any atom is -0.389 e. The van der Waals surface area contributed by atoms with Crippen LogP contribution in [-0.4, -0.2) is 25.2 Å². The second-order valence-corrected chi connectivity index (χ2v) is 4.60. The summed E-state index contributed by atoms with van der Waals surface area (Å²) in [6.45, 7) is 1.20. The Morgan fingerprint density at radius 3 is 2.42 bits per heavy atom. The molecule has 0 bridgehead atoms. The zero-order chi connectivity index (χ0) is 14.3. The number of anilines is 1. The van der Waals surface area contributed by atoms with Crippen LogP contribution >= 0.6 is 12.2 Å². The third kappa shape index (κ3) is 5.08. The summed E-state index contributed by atoms with van der Waals surface area (Å²) in [6, 6.07) is 2.28. The maximum Gasteiger partial charge on any atom is 0.150 e. The first-order chi connectivity index (χ1) is 9.06. The predicted octanol–water partition coefficient (Wildman–Crippen LogP) is 2.83. The van der Waals surface area contributed by atoms with Crippen molar-refractivity contribution in [3.8, 4) is 0 Å². The van der Waals surface area contributed by atoms with Crippen LogP contribution in [0.15, 0.2) is 12.1 Å². The van der Waals surface area contributed by atoms with Gasteiger partial charge >= 0.3 is 0 Å². The number of nitrogens with one attached hydrogen (secondary N) is 1. The Bertz CT molecular complexity index is 418. The fraction of sp³-hybridized carbons (Fsp3) is 0.462. The summed E-state index contributed by atoms with van der Waals surface area (Å²) < 4.78 is 32.2. The second-order valence-electron chi connectivity index (χ2n) is 4.16. The highest BCUT2D eigenvalue weighted by atomic mass is 32.1. The van der Waals surface area contributed by atoms with E-state index in [9.17, 15) is 8.78 Å². The molecule has 19 heavy (non-hydrogen) atoms. The van der Waals surface area contributed by atoms with Crippen molar-refractivity contribution in [3.05, 3.63) is 29.3 Å². The molecular weight excluding hydrogens is 270 g/mol. The molecule has 1 aromatic carbocycles. The summed E-state index contributed by atoms with van der Waals surface area (Å²) in [6.07, 6.45) is 2.69. The van der Waals surface area contributed by atoms with Crippen molar-refractivity contribution < 1.29 is 13.5 Å². The summed E-state index contributed by atoms with van der Waals surface area (Å²) in [5, 5.41) is 2.75. The van der Waals surface area contributed by atoms with Crippen LogP contribution < -0.4 is 11.1 Å². The van der Waals surface area contributed by atoms with Gasteiger partial charge in [-0.15, -0.1) is 0 Å². The molecular formula is C13H18F2N2OS. The number of thiocarbonyl (C=S) groups is 1. The number of nitrogens with two attached hydrogens (primary N) is 1. The Balaban J connectivity index is 2.52. The molecule has 3 N–H and O–H groups in total. The minimum absolute atomic E-state index is 0.0242. The maximum absolute atomic E-state index is 13.7. The zero-order valence-electron chi connectivity index (χ0n) is 10.8. The smallest absolute Gasteiger partial charge is 0.150 e. The Labute approximate surface area is 117 Å². The van der Waals surface area contributed by atoms with Gasteiger partial charge in [-0.25, -0.2) is 8.78 Å². The van der Waals surface area contributed by atoms with E-state index in [1.165, 1.54) is 0 Å². The number of halogens is 2. The van der Waals surface area contributed by atoms with Gasteiger partial charge in [-0.2, -0.15) is 0 Å². The molecule has 1 aromatic rings. The van der Waals surface area contributed by atoms with Crippen molar-refractivity contribution in [1.82, 2.24) is 0 Å². The average molecular weight is 288 g/mol. The Hall–Kier alpha value is -1.27. The van der Waals surface area contributed by atoms with Crippen molar-refractivity contribution in [3.63, 3.8) is 0 Å². The van der Waals surface area contributed by atoms with Gasteiger partial charge in [-0.3, -0.25) is 0 Å². The van der Waals surface area contributed by atoms with Gasteiger partial charge in [0.25, 0.3) is 0 Å². The maximum atomic E-state index is 13.7. The Morgan fingerprint density at radius 1 is 1.26 bits per heavy atom. The lowest BCUT2D eigenvalue weighted by atomic mass is 10.1. The van der Waals surface area contributed by atoms with E-state index >= 15 is 0 Å². The van der Waals surface area contributed by atoms with Gasteiger partial charge in [-0.05, 0) is 31.4 Å². The molecule has 0 amide bonds. The number of benzene rings is 1. The largest absolute Gasteiger partial charge is 0.389 e. The average Bonchev–Trinajstić information content (AvgIpc) is 2.35. The van der Waals surface area contributed by atoms with Crippen LogP contribution in [0.1, 0.15) is 24.8 Å². The van der Waals surface area contributed by atoms with E-state index in [4.69, 9.17) is 10.5 Å². The highest BCUT2D eigenvalue weighted by Gasteiger charge is 2.11. The number of ether oxygens (including phenoxy) is 1. The number of unbranched alkanes of at least 4 members (excludes halogenated alkanes) is 2. The van der Waals surface area contributed by atoms with E-state index < -0.39 is 11.6 Å². The third-order valence-corrected chi connectivity index (χ3v) is 2.89. The molecule has 106 valence electrons. The summed E-state index contributed by atoms with van der Waals surface area (Å²) in [5.74, 6) is -1.36. The SMILES string of the molecule is COCCCCCNc1c(F)cc(C(N)=S)cc1F. The molecule has 0 aliphatic carbocycles. The van der Waals surface area contributed by atoms with Gasteiger partial charge in [0.1, 0.15) is 22.3 Å². The van der Waals surface area contributed by atoms with E-state index in [0.717, 1.165) is 31.4 Å². The van der Waals surface area contributed by atoms with Crippen molar-refractivity contribution in [2.45, 2.75) is 19.3 Å². The molecule has 0 fully saturated rings. The molecule has 0 unspecified atom stereocenters. The Kier molecular flexibility index (Phi) is 6.66. The Morgan fingerprint density at radius 2 is 1.89 bits per heavy atom. The quantitative estimate of drug-likeness (QED) is 0.570. The molecule has 1 rings (SSSR count). The van der Waals surface area contributed by atoms with Gasteiger partial charge in [0.2, 0.25) is 0 Å². The van der Waals surface area contributed by atoms with Crippen molar-refractivity contribution in [2.75, 3.05) is 25.6 Å². The molecule has 0 spiro atoms. The summed E-state index contributed by atoms with van der Waals surface area (Å²) in [5.41, 5.74) is 5.39.